The van der Waals surface area contributed by atoms with E-state index in [-0.39, 0.29) is 68.3 Å². The van der Waals surface area contributed by atoms with Crippen LogP contribution in [0.3, 0.4) is 0 Å². The van der Waals surface area contributed by atoms with Gasteiger partial charge in [0.05, 0.1) is 58.2 Å². The summed E-state index contributed by atoms with van der Waals surface area (Å²) < 4.78 is 81.2. The lowest BCUT2D eigenvalue weighted by molar-refractivity contribution is 0.386. The maximum atomic E-state index is 14.7. The Morgan fingerprint density at radius 1 is 0.428 bits per heavy atom. The van der Waals surface area contributed by atoms with E-state index in [1.165, 1.54) is 72.7 Å². The van der Waals surface area contributed by atoms with Gasteiger partial charge in [0.25, 0.3) is 0 Å². The first-order valence-corrected chi connectivity index (χ1v) is 51.3. The molecule has 12 atom stereocenters. The number of anilines is 5. The first-order valence-electron chi connectivity index (χ1n) is 47.7. The Morgan fingerprint density at radius 2 is 0.883 bits per heavy atom. The van der Waals surface area contributed by atoms with Crippen LogP contribution in [0.4, 0.5) is 51.0 Å². The minimum Gasteiger partial charge on any atom is -0.494 e. The van der Waals surface area contributed by atoms with Gasteiger partial charge in [-0.3, -0.25) is 14.9 Å². The van der Waals surface area contributed by atoms with Gasteiger partial charge in [-0.25, -0.2) is 86.4 Å². The average molecular weight is 2060 g/mol. The Kier molecular flexibility index (Phi) is 25.3. The number of pyridine rings is 4. The Bertz CT molecular complexity index is 8020. The van der Waals surface area contributed by atoms with Crippen molar-refractivity contribution in [3.63, 3.8) is 0 Å². The van der Waals surface area contributed by atoms with Gasteiger partial charge in [-0.15, -0.1) is 0 Å². The van der Waals surface area contributed by atoms with Crippen molar-refractivity contribution in [3.8, 4) is 22.8 Å². The molecule has 0 unspecified atom stereocenters. The number of rotatable bonds is 21. The molecule has 8 fully saturated rings. The van der Waals surface area contributed by atoms with Crippen LogP contribution in [-0.4, -0.2) is 185 Å². The van der Waals surface area contributed by atoms with Crippen LogP contribution in [0.15, 0.2) is 255 Å². The number of nitrogens with one attached hydrogen (secondary N) is 2. The molecule has 26 rings (SSSR count). The number of fused-ring (bicyclic) bond motifs is 9. The number of H-pyrrole nitrogens is 2. The quantitative estimate of drug-likeness (QED) is 0.0329. The third-order valence-corrected chi connectivity index (χ3v) is 35.4. The van der Waals surface area contributed by atoms with Crippen LogP contribution in [0.25, 0.3) is 72.6 Å². The van der Waals surface area contributed by atoms with Crippen LogP contribution in [0.1, 0.15) is 47.9 Å². The van der Waals surface area contributed by atoms with Gasteiger partial charge < -0.3 is 53.0 Å². The van der Waals surface area contributed by atoms with Gasteiger partial charge >= 0.3 is 0 Å². The normalized spacial score (nSPS) is 23.0. The highest BCUT2D eigenvalue weighted by atomic mass is 35.5. The number of aromatic nitrogens is 20. The summed E-state index contributed by atoms with van der Waals surface area (Å²) in [6, 6.07) is 49.9. The Labute approximate surface area is 855 Å². The predicted molar refractivity (Wildman–Crippen MR) is 552 cm³/mol. The Morgan fingerprint density at radius 3 is 1.36 bits per heavy atom. The standard InChI is InChI=1S/C28H24ClFN8S.C28H25ClFN7S.C25H24F2N6O.C23H22ClFN8S/c29-25-22(8-11-32-27(25)38-12-3-10-34-38)39-24-7-6-21-26(36-24)33-14-23(35-21)37-13-9-17-19(15-37)28(17,16-31)18-4-1-2-5-20(18)30;1-36-13-16-21(35-36)6-8-23(26(16)29)38-25-9-7-22-27(34-25)32-12-24(33-22)37-11-10-17-19(14-37)28(17,15-31)18-4-2-3-5-20(18)30;1-34-20-7-6-14(10-19(20)27)22-23-24(32-31-22)30-21(11-29-23)33-9-8-15-17(12-33)25(15,13-28)16-4-2-3-5-18(16)26;24-18-16(5-7-28-20(18)27)34-22-19-21(31-32-22)30-17(9-29-19)33-8-6-12-14(10-33)23(12,11-26)13-3-1-2-4-15(13)25/h1-8,10-12,14,17,19H,9,13,15-16,31H2;2-9,12-13,17,19H,10-11,14-15,31H2,1H3;2-7,10-11,15,17H,8-9,12-13,28H2,1H3,(H,30,31,32);1-5,7,9,12,14H,6,8,10-11,26H2,(H2,27,28)(H,30,31,32)/t2*17-,19+,28-;15-,17+,25-;12-,14+,23-/m1111/s1. The molecule has 8 aliphatic rings. The van der Waals surface area contributed by atoms with E-state index in [1.807, 2.05) is 110 Å². The first-order chi connectivity index (χ1) is 70.6. The van der Waals surface area contributed by atoms with Crippen LogP contribution in [-0.2, 0) is 28.7 Å². The van der Waals surface area contributed by atoms with Gasteiger partial charge in [0.1, 0.15) is 84.5 Å². The number of aryl methyl sites for hydroxylation is 1. The minimum atomic E-state index is -0.460. The smallest absolute Gasteiger partial charge is 0.202 e. The second-order valence-electron chi connectivity index (χ2n) is 37.8. The van der Waals surface area contributed by atoms with Crippen molar-refractivity contribution < 1.29 is 26.7 Å². The van der Waals surface area contributed by atoms with Crippen LogP contribution < -0.4 is 53.0 Å². The molecule has 4 saturated carbocycles. The Balaban J connectivity index is 0.000000107. The number of halogens is 8. The summed E-state index contributed by atoms with van der Waals surface area (Å²) >= 11 is 23.8. The van der Waals surface area contributed by atoms with E-state index < -0.39 is 5.82 Å². The summed E-state index contributed by atoms with van der Waals surface area (Å²) in [6.07, 6.45) is 19.5. The van der Waals surface area contributed by atoms with E-state index in [0.717, 1.165) is 165 Å². The number of ether oxygens (including phenoxy) is 1. The number of nitrogen functional groups attached to an aromatic ring is 1. The fourth-order valence-electron chi connectivity index (χ4n) is 23.6. The third-order valence-electron chi connectivity index (χ3n) is 30.9. The number of benzene rings is 6. The third kappa shape index (κ3) is 16.9. The minimum absolute atomic E-state index is 0.161. The number of methoxy groups -OCH3 is 1. The molecule has 4 aliphatic carbocycles. The number of piperidine rings is 4. The first kappa shape index (κ1) is 95.1. The molecule has 6 aromatic carbocycles. The summed E-state index contributed by atoms with van der Waals surface area (Å²) in [5.41, 5.74) is 39.4. The zero-order valence-electron chi connectivity index (χ0n) is 78.2. The van der Waals surface area contributed by atoms with E-state index in [0.29, 0.717) is 138 Å². The van der Waals surface area contributed by atoms with E-state index in [1.54, 1.807) is 101 Å². The molecule has 30 nitrogen and oxygen atoms in total. The SMILES string of the molecule is COc1ccc(-c2[nH]nc3nc(N4CC[C@@H]5[C@H](C4)[C@@]5(CN)c4ccccc4F)cnc23)cc1F.Cn1cc2c(Cl)c(Sc3ccc4nc(N5CC[C@@H]6[C@H](C5)[C@@]6(CN)c5ccccc5F)cnc4n3)ccc2n1.NC[C@]1(c2ccccc2F)[C@@H]2CCN(c3cnc4c(Sc5ccnc(N)c5Cl)n[nH]c4n3)C[C@@H]21.NC[C@]1(c2ccccc2F)[C@@H]2CCN(c3cnc4nc(Sc5ccnc(-n6cccn6)c5Cl)ccc4n3)C[C@@H]21. The number of hydrogen-bond acceptors (Lipinski definition) is 29. The molecule has 736 valence electrons. The molecular formula is C104H95Cl3F5N29OS3. The number of nitrogens with zero attached hydrogens (tertiary/aromatic N) is 22. The molecule has 0 bridgehead atoms. The van der Waals surface area contributed by atoms with Crippen molar-refractivity contribution in [2.45, 2.75) is 77.1 Å². The molecule has 41 heteroatoms. The predicted octanol–water partition coefficient (Wildman–Crippen LogP) is 17.4. The second kappa shape index (κ2) is 38.5. The maximum Gasteiger partial charge on any atom is 0.202 e. The van der Waals surface area contributed by atoms with Gasteiger partial charge in [-0.1, -0.05) is 143 Å². The molecular weight excluding hydrogens is 1970 g/mol. The molecule has 12 N–H and O–H groups in total. The second-order valence-corrected chi connectivity index (χ2v) is 42.0. The molecule has 4 saturated heterocycles. The monoisotopic (exact) mass is 2060 g/mol. The highest BCUT2D eigenvalue weighted by molar-refractivity contribution is 8.00. The number of aromatic amines is 2. The molecule has 16 heterocycles. The summed E-state index contributed by atoms with van der Waals surface area (Å²) in [5.74, 6) is 5.63. The topological polar surface area (TPSA) is 400 Å². The van der Waals surface area contributed by atoms with Gasteiger partial charge in [-0.05, 0) is 192 Å². The lowest BCUT2D eigenvalue weighted by Crippen LogP contribution is -2.32. The summed E-state index contributed by atoms with van der Waals surface area (Å²) in [7, 11) is 3.31. The van der Waals surface area contributed by atoms with Gasteiger partial charge in [0.15, 0.2) is 39.4 Å². The summed E-state index contributed by atoms with van der Waals surface area (Å²) in [5, 5.41) is 27.9. The van der Waals surface area contributed by atoms with Crippen molar-refractivity contribution in [3.05, 3.63) is 292 Å². The molecule has 18 aromatic rings. The zero-order valence-corrected chi connectivity index (χ0v) is 82.9. The molecule has 4 aliphatic heterocycles. The zero-order chi connectivity index (χ0) is 99.5. The van der Waals surface area contributed by atoms with Crippen LogP contribution in [0.5, 0.6) is 5.75 Å². The lowest BCUT2D eigenvalue weighted by Gasteiger charge is -2.27. The van der Waals surface area contributed by atoms with Crippen LogP contribution in [0.2, 0.25) is 15.1 Å². The van der Waals surface area contributed by atoms with Gasteiger partial charge in [0.2, 0.25) is 5.65 Å². The molecule has 0 radical (unpaired) electrons. The molecule has 0 spiro atoms. The van der Waals surface area contributed by atoms with E-state index >= 15 is 0 Å². The lowest BCUT2D eigenvalue weighted by atomic mass is 9.91. The van der Waals surface area contributed by atoms with Crippen molar-refractivity contribution in [2.24, 2.45) is 77.3 Å². The van der Waals surface area contributed by atoms with Crippen molar-refractivity contribution in [1.82, 2.24) is 99.8 Å². The fraction of sp³-hybridized carbons (Fsp3) is 0.288. The van der Waals surface area contributed by atoms with E-state index in [4.69, 9.17) is 98.1 Å². The van der Waals surface area contributed by atoms with Crippen molar-refractivity contribution >= 4 is 155 Å². The highest BCUT2D eigenvalue weighted by Gasteiger charge is 2.70. The van der Waals surface area contributed by atoms with E-state index in [9.17, 15) is 22.0 Å². The number of nitrogens with two attached hydrogens (primary N) is 5. The largest absolute Gasteiger partial charge is 0.494 e. The maximum absolute atomic E-state index is 14.7. The van der Waals surface area contributed by atoms with E-state index in [2.05, 4.69) is 80.1 Å². The Hall–Kier alpha value is -13.4. The highest BCUT2D eigenvalue weighted by Crippen LogP contribution is 2.67. The van der Waals surface area contributed by atoms with Crippen molar-refractivity contribution in [2.75, 3.05) is 111 Å². The molecule has 12 aromatic heterocycles. The van der Waals surface area contributed by atoms with Crippen molar-refractivity contribution in [1.29, 1.82) is 0 Å². The average Bonchev–Trinajstić information content (AvgIpc) is 1.54. The van der Waals surface area contributed by atoms with Crippen LogP contribution in [0, 0.1) is 76.4 Å². The van der Waals surface area contributed by atoms with Crippen LogP contribution >= 0.6 is 70.1 Å². The summed E-state index contributed by atoms with van der Waals surface area (Å²) in [6.45, 7) is 8.08. The molecule has 0 amide bonds. The fourth-order valence-corrected chi connectivity index (χ4v) is 27.0. The molecule has 145 heavy (non-hydrogen) atoms. The summed E-state index contributed by atoms with van der Waals surface area (Å²) in [4.78, 5) is 66.9. The van der Waals surface area contributed by atoms with Gasteiger partial charge in [-0.2, -0.15) is 20.4 Å². The van der Waals surface area contributed by atoms with Gasteiger partial charge in [0, 0.05) is 164 Å². The number of hydrogen-bond donors (Lipinski definition) is 7.